The number of rotatable bonds is 3. The lowest BCUT2D eigenvalue weighted by Gasteiger charge is -2.35. The summed E-state index contributed by atoms with van der Waals surface area (Å²) in [6, 6.07) is 3.93. The van der Waals surface area contributed by atoms with Crippen molar-refractivity contribution in [1.82, 2.24) is 19.8 Å². The van der Waals surface area contributed by atoms with Gasteiger partial charge in [0.25, 0.3) is 0 Å². The SMILES string of the molecule is Cc1ccc2nnc(CC3(CN)CCCCC3)n2n1. The van der Waals surface area contributed by atoms with Crippen molar-refractivity contribution >= 4 is 5.65 Å². The zero-order chi connectivity index (χ0) is 13.3. The molecule has 2 heterocycles. The summed E-state index contributed by atoms with van der Waals surface area (Å²) in [5, 5.41) is 13.0. The minimum atomic E-state index is 0.201. The molecule has 1 saturated carbocycles. The van der Waals surface area contributed by atoms with E-state index >= 15 is 0 Å². The van der Waals surface area contributed by atoms with Crippen molar-refractivity contribution in [2.45, 2.75) is 45.4 Å². The first-order valence-corrected chi connectivity index (χ1v) is 7.10. The Hall–Kier alpha value is -1.49. The van der Waals surface area contributed by atoms with Gasteiger partial charge in [-0.2, -0.15) is 9.61 Å². The Bertz CT molecular complexity index is 568. The Kier molecular flexibility index (Phi) is 3.22. The molecule has 5 nitrogen and oxygen atoms in total. The molecule has 2 aromatic rings. The van der Waals surface area contributed by atoms with Crippen LogP contribution in [-0.2, 0) is 6.42 Å². The fourth-order valence-corrected chi connectivity index (χ4v) is 3.13. The Morgan fingerprint density at radius 3 is 2.74 bits per heavy atom. The maximum atomic E-state index is 6.05. The number of aryl methyl sites for hydroxylation is 1. The van der Waals surface area contributed by atoms with E-state index < -0.39 is 0 Å². The van der Waals surface area contributed by atoms with E-state index in [0.29, 0.717) is 0 Å². The third-order valence-electron chi connectivity index (χ3n) is 4.34. The molecule has 0 amide bonds. The van der Waals surface area contributed by atoms with Crippen LogP contribution in [0.2, 0.25) is 0 Å². The zero-order valence-electron chi connectivity index (χ0n) is 11.5. The highest BCUT2D eigenvalue weighted by atomic mass is 15.4. The third-order valence-corrected chi connectivity index (χ3v) is 4.34. The summed E-state index contributed by atoms with van der Waals surface area (Å²) in [6.45, 7) is 2.72. The summed E-state index contributed by atoms with van der Waals surface area (Å²) in [5.74, 6) is 0.950. The zero-order valence-corrected chi connectivity index (χ0v) is 11.5. The highest BCUT2D eigenvalue weighted by Crippen LogP contribution is 2.37. The van der Waals surface area contributed by atoms with E-state index in [1.54, 1.807) is 0 Å². The molecule has 2 N–H and O–H groups in total. The van der Waals surface area contributed by atoms with Gasteiger partial charge in [0.15, 0.2) is 11.5 Å². The fraction of sp³-hybridized carbons (Fsp3) is 0.643. The maximum Gasteiger partial charge on any atom is 0.177 e. The average Bonchev–Trinajstić information content (AvgIpc) is 2.82. The van der Waals surface area contributed by atoms with Gasteiger partial charge in [-0.25, -0.2) is 0 Å². The molecule has 0 aromatic carbocycles. The van der Waals surface area contributed by atoms with Crippen LogP contribution >= 0.6 is 0 Å². The summed E-state index contributed by atoms with van der Waals surface area (Å²) in [6.07, 6.45) is 7.18. The molecule has 0 bridgehead atoms. The molecular weight excluding hydrogens is 238 g/mol. The van der Waals surface area contributed by atoms with Gasteiger partial charge < -0.3 is 5.73 Å². The van der Waals surface area contributed by atoms with Crippen molar-refractivity contribution in [1.29, 1.82) is 0 Å². The van der Waals surface area contributed by atoms with E-state index in [-0.39, 0.29) is 5.41 Å². The molecule has 0 spiro atoms. The van der Waals surface area contributed by atoms with Gasteiger partial charge in [0.05, 0.1) is 5.69 Å². The molecule has 0 unspecified atom stereocenters. The van der Waals surface area contributed by atoms with Gasteiger partial charge in [-0.15, -0.1) is 10.2 Å². The second kappa shape index (κ2) is 4.89. The van der Waals surface area contributed by atoms with Crippen LogP contribution < -0.4 is 5.73 Å². The number of aromatic nitrogens is 4. The first kappa shape index (κ1) is 12.5. The first-order chi connectivity index (χ1) is 9.22. The quantitative estimate of drug-likeness (QED) is 0.913. The summed E-state index contributed by atoms with van der Waals surface area (Å²) in [4.78, 5) is 0. The maximum absolute atomic E-state index is 6.05. The lowest BCUT2D eigenvalue weighted by atomic mass is 9.72. The van der Waals surface area contributed by atoms with Crippen LogP contribution in [0.4, 0.5) is 0 Å². The molecule has 1 fully saturated rings. The van der Waals surface area contributed by atoms with E-state index in [2.05, 4.69) is 15.3 Å². The normalized spacial score (nSPS) is 18.8. The molecule has 1 aliphatic carbocycles. The van der Waals surface area contributed by atoms with Gasteiger partial charge in [-0.1, -0.05) is 19.3 Å². The average molecular weight is 259 g/mol. The molecule has 0 aliphatic heterocycles. The summed E-state index contributed by atoms with van der Waals surface area (Å²) in [7, 11) is 0. The summed E-state index contributed by atoms with van der Waals surface area (Å²) < 4.78 is 1.88. The van der Waals surface area contributed by atoms with Crippen LogP contribution in [0.1, 0.15) is 43.6 Å². The van der Waals surface area contributed by atoms with Crippen molar-refractivity contribution in [2.75, 3.05) is 6.54 Å². The van der Waals surface area contributed by atoms with Gasteiger partial charge in [-0.05, 0) is 43.9 Å². The molecular formula is C14H21N5. The Labute approximate surface area is 113 Å². The van der Waals surface area contributed by atoms with E-state index in [1.807, 2.05) is 23.6 Å². The van der Waals surface area contributed by atoms with Gasteiger partial charge in [0.2, 0.25) is 0 Å². The van der Waals surface area contributed by atoms with Gasteiger partial charge in [0.1, 0.15) is 0 Å². The van der Waals surface area contributed by atoms with Gasteiger partial charge in [-0.3, -0.25) is 0 Å². The lowest BCUT2D eigenvalue weighted by molar-refractivity contribution is 0.192. The number of nitrogens with two attached hydrogens (primary N) is 1. The molecule has 102 valence electrons. The van der Waals surface area contributed by atoms with Gasteiger partial charge >= 0.3 is 0 Å². The van der Waals surface area contributed by atoms with Crippen LogP contribution in [-0.4, -0.2) is 26.4 Å². The molecule has 0 radical (unpaired) electrons. The van der Waals surface area contributed by atoms with Crippen LogP contribution in [0.25, 0.3) is 5.65 Å². The molecule has 3 rings (SSSR count). The smallest absolute Gasteiger partial charge is 0.177 e. The molecule has 2 aromatic heterocycles. The third kappa shape index (κ3) is 2.34. The van der Waals surface area contributed by atoms with Crippen LogP contribution in [0.3, 0.4) is 0 Å². The Balaban J connectivity index is 1.93. The van der Waals surface area contributed by atoms with Crippen LogP contribution in [0.15, 0.2) is 12.1 Å². The minimum Gasteiger partial charge on any atom is -0.330 e. The Morgan fingerprint density at radius 1 is 1.21 bits per heavy atom. The van der Waals surface area contributed by atoms with E-state index in [9.17, 15) is 0 Å². The molecule has 19 heavy (non-hydrogen) atoms. The highest BCUT2D eigenvalue weighted by molar-refractivity contribution is 5.36. The second-order valence-corrected chi connectivity index (χ2v) is 5.80. The van der Waals surface area contributed by atoms with Crippen molar-refractivity contribution in [3.8, 4) is 0 Å². The first-order valence-electron chi connectivity index (χ1n) is 7.10. The number of fused-ring (bicyclic) bond motifs is 1. The molecule has 0 saturated heterocycles. The lowest BCUT2D eigenvalue weighted by Crippen LogP contribution is -2.35. The Morgan fingerprint density at radius 2 is 2.00 bits per heavy atom. The van der Waals surface area contributed by atoms with Crippen molar-refractivity contribution < 1.29 is 0 Å². The predicted molar refractivity (Wildman–Crippen MR) is 73.8 cm³/mol. The molecule has 5 heteroatoms. The van der Waals surface area contributed by atoms with Crippen molar-refractivity contribution in [3.63, 3.8) is 0 Å². The monoisotopic (exact) mass is 259 g/mol. The van der Waals surface area contributed by atoms with E-state index in [4.69, 9.17) is 5.73 Å². The van der Waals surface area contributed by atoms with E-state index in [1.165, 1.54) is 32.1 Å². The van der Waals surface area contributed by atoms with Crippen molar-refractivity contribution in [3.05, 3.63) is 23.7 Å². The second-order valence-electron chi connectivity index (χ2n) is 5.80. The summed E-state index contributed by atoms with van der Waals surface area (Å²) >= 11 is 0. The molecule has 0 atom stereocenters. The van der Waals surface area contributed by atoms with E-state index in [0.717, 1.165) is 30.1 Å². The van der Waals surface area contributed by atoms with Crippen LogP contribution in [0.5, 0.6) is 0 Å². The standard InChI is InChI=1S/C14H21N5/c1-11-5-6-12-16-17-13(19(12)18-11)9-14(10-15)7-3-2-4-8-14/h5-6H,2-4,7-10,15H2,1H3. The number of hydrogen-bond donors (Lipinski definition) is 1. The topological polar surface area (TPSA) is 69.1 Å². The van der Waals surface area contributed by atoms with Crippen molar-refractivity contribution in [2.24, 2.45) is 11.1 Å². The predicted octanol–water partition coefficient (Wildman–Crippen LogP) is 1.88. The fourth-order valence-electron chi connectivity index (χ4n) is 3.13. The number of hydrogen-bond acceptors (Lipinski definition) is 4. The number of nitrogens with zero attached hydrogens (tertiary/aromatic N) is 4. The summed E-state index contributed by atoms with van der Waals surface area (Å²) in [5.41, 5.74) is 8.06. The largest absolute Gasteiger partial charge is 0.330 e. The van der Waals surface area contributed by atoms with Crippen LogP contribution in [0, 0.1) is 12.3 Å². The highest BCUT2D eigenvalue weighted by Gasteiger charge is 2.32. The molecule has 1 aliphatic rings. The minimum absolute atomic E-state index is 0.201. The van der Waals surface area contributed by atoms with Gasteiger partial charge in [0, 0.05) is 6.42 Å².